The number of benzene rings is 1. The van der Waals surface area contributed by atoms with E-state index in [1.165, 1.54) is 23.9 Å². The number of aromatic nitrogens is 2. The molecule has 1 aromatic heterocycles. The van der Waals surface area contributed by atoms with Crippen LogP contribution in [0.15, 0.2) is 18.2 Å². The monoisotopic (exact) mass is 292 g/mol. The highest BCUT2D eigenvalue weighted by Crippen LogP contribution is 2.28. The second-order valence-corrected chi connectivity index (χ2v) is 6.01. The zero-order chi connectivity index (χ0) is 13.9. The zero-order valence-electron chi connectivity index (χ0n) is 11.9. The molecule has 0 aliphatic heterocycles. The van der Waals surface area contributed by atoms with Crippen LogP contribution in [0.4, 0.5) is 0 Å². The molecule has 1 saturated carbocycles. The lowest BCUT2D eigenvalue weighted by Gasteiger charge is -2.09. The number of ether oxygens (including phenoxy) is 1. The molecule has 3 rings (SSSR count). The molecule has 20 heavy (non-hydrogen) atoms. The summed E-state index contributed by atoms with van der Waals surface area (Å²) in [5.41, 5.74) is 3.49. The van der Waals surface area contributed by atoms with Gasteiger partial charge < -0.3 is 9.30 Å². The highest BCUT2D eigenvalue weighted by atomic mass is 35.5. The summed E-state index contributed by atoms with van der Waals surface area (Å²) in [6.07, 6.45) is 3.48. The number of hydrogen-bond acceptors (Lipinski definition) is 2. The van der Waals surface area contributed by atoms with E-state index in [1.807, 2.05) is 0 Å². The average molecular weight is 293 g/mol. The summed E-state index contributed by atoms with van der Waals surface area (Å²) >= 11 is 5.89. The van der Waals surface area contributed by atoms with E-state index in [1.54, 1.807) is 0 Å². The summed E-state index contributed by atoms with van der Waals surface area (Å²) in [5.74, 6) is 2.49. The van der Waals surface area contributed by atoms with Gasteiger partial charge >= 0.3 is 0 Å². The van der Waals surface area contributed by atoms with Crippen molar-refractivity contribution in [1.82, 2.24) is 9.55 Å². The third-order valence-electron chi connectivity index (χ3n) is 3.81. The largest absolute Gasteiger partial charge is 0.379 e. The molecule has 0 saturated heterocycles. The van der Waals surface area contributed by atoms with Crippen molar-refractivity contribution in [3.8, 4) is 0 Å². The van der Waals surface area contributed by atoms with Crippen molar-refractivity contribution in [3.05, 3.63) is 29.6 Å². The lowest BCUT2D eigenvalue weighted by Crippen LogP contribution is -2.11. The fourth-order valence-electron chi connectivity index (χ4n) is 2.50. The number of nitrogens with zero attached hydrogens (tertiary/aromatic N) is 2. The fraction of sp³-hybridized carbons (Fsp3) is 0.562. The average Bonchev–Trinajstić information content (AvgIpc) is 3.19. The third-order valence-corrected chi connectivity index (χ3v) is 4.00. The van der Waals surface area contributed by atoms with Gasteiger partial charge in [0.25, 0.3) is 0 Å². The minimum Gasteiger partial charge on any atom is -0.379 e. The molecule has 2 aromatic rings. The summed E-state index contributed by atoms with van der Waals surface area (Å²) in [5, 5.41) is 0. The topological polar surface area (TPSA) is 27.1 Å². The molecule has 1 fully saturated rings. The lowest BCUT2D eigenvalue weighted by atomic mass is 10.2. The summed E-state index contributed by atoms with van der Waals surface area (Å²) in [4.78, 5) is 4.71. The Balaban J connectivity index is 1.76. The predicted octanol–water partition coefficient (Wildman–Crippen LogP) is 3.55. The molecule has 0 radical (unpaired) electrons. The first-order valence-electron chi connectivity index (χ1n) is 7.37. The molecular formula is C16H21ClN2O. The van der Waals surface area contributed by atoms with Crippen molar-refractivity contribution in [1.29, 1.82) is 0 Å². The van der Waals surface area contributed by atoms with Gasteiger partial charge in [0.15, 0.2) is 0 Å². The van der Waals surface area contributed by atoms with Crippen LogP contribution in [-0.4, -0.2) is 28.6 Å². The molecule has 0 atom stereocenters. The maximum Gasteiger partial charge on any atom is 0.111 e. The summed E-state index contributed by atoms with van der Waals surface area (Å²) in [7, 11) is 0. The van der Waals surface area contributed by atoms with Gasteiger partial charge in [-0.05, 0) is 43.4 Å². The van der Waals surface area contributed by atoms with Crippen LogP contribution in [0.2, 0.25) is 0 Å². The molecular weight excluding hydrogens is 272 g/mol. The van der Waals surface area contributed by atoms with Gasteiger partial charge in [-0.25, -0.2) is 4.98 Å². The Morgan fingerprint density at radius 3 is 3.00 bits per heavy atom. The van der Waals surface area contributed by atoms with Crippen LogP contribution in [0.25, 0.3) is 11.0 Å². The SMILES string of the molecule is Cc1ccc2c(c1)nc(CCCl)n2CCOCC1CC1. The molecule has 0 unspecified atom stereocenters. The molecule has 4 heteroatoms. The van der Waals surface area contributed by atoms with E-state index in [0.717, 1.165) is 43.4 Å². The van der Waals surface area contributed by atoms with E-state index in [4.69, 9.17) is 21.3 Å². The number of rotatable bonds is 7. The third kappa shape index (κ3) is 3.15. The number of hydrogen-bond donors (Lipinski definition) is 0. The first kappa shape index (κ1) is 13.9. The van der Waals surface area contributed by atoms with Crippen molar-refractivity contribution < 1.29 is 4.74 Å². The van der Waals surface area contributed by atoms with Gasteiger partial charge in [-0.1, -0.05) is 6.07 Å². The van der Waals surface area contributed by atoms with Gasteiger partial charge in [0.1, 0.15) is 5.82 Å². The maximum atomic E-state index is 5.89. The van der Waals surface area contributed by atoms with Crippen LogP contribution in [0, 0.1) is 12.8 Å². The van der Waals surface area contributed by atoms with Gasteiger partial charge in [0, 0.05) is 25.5 Å². The first-order valence-corrected chi connectivity index (χ1v) is 7.91. The normalized spacial score (nSPS) is 15.1. The Bertz CT molecular complexity index is 589. The van der Waals surface area contributed by atoms with Crippen molar-refractivity contribution >= 4 is 22.6 Å². The quantitative estimate of drug-likeness (QED) is 0.576. The van der Waals surface area contributed by atoms with Crippen LogP contribution >= 0.6 is 11.6 Å². The Morgan fingerprint density at radius 1 is 1.40 bits per heavy atom. The van der Waals surface area contributed by atoms with Gasteiger partial charge in [0.05, 0.1) is 17.6 Å². The highest BCUT2D eigenvalue weighted by molar-refractivity contribution is 6.17. The molecule has 0 amide bonds. The van der Waals surface area contributed by atoms with E-state index >= 15 is 0 Å². The molecule has 1 heterocycles. The molecule has 0 N–H and O–H groups in total. The smallest absolute Gasteiger partial charge is 0.111 e. The molecule has 1 aliphatic rings. The van der Waals surface area contributed by atoms with Crippen molar-refractivity contribution in [3.63, 3.8) is 0 Å². The molecule has 0 spiro atoms. The number of aryl methyl sites for hydroxylation is 2. The molecule has 1 aromatic carbocycles. The zero-order valence-corrected chi connectivity index (χ0v) is 12.7. The molecule has 0 bridgehead atoms. The molecule has 108 valence electrons. The van der Waals surface area contributed by atoms with Crippen molar-refractivity contribution in [2.75, 3.05) is 19.1 Å². The number of fused-ring (bicyclic) bond motifs is 1. The number of imidazole rings is 1. The second kappa shape index (κ2) is 6.15. The first-order chi connectivity index (χ1) is 9.78. The van der Waals surface area contributed by atoms with E-state index in [0.29, 0.717) is 5.88 Å². The van der Waals surface area contributed by atoms with Crippen LogP contribution in [0.1, 0.15) is 24.2 Å². The lowest BCUT2D eigenvalue weighted by molar-refractivity contribution is 0.117. The summed E-state index contributed by atoms with van der Waals surface area (Å²) in [6.45, 7) is 4.62. The maximum absolute atomic E-state index is 5.89. The predicted molar refractivity (Wildman–Crippen MR) is 82.4 cm³/mol. The Morgan fingerprint density at radius 2 is 2.25 bits per heavy atom. The van der Waals surface area contributed by atoms with Gasteiger partial charge in [0.2, 0.25) is 0 Å². The summed E-state index contributed by atoms with van der Waals surface area (Å²) in [6, 6.07) is 6.42. The molecule has 3 nitrogen and oxygen atoms in total. The second-order valence-electron chi connectivity index (χ2n) is 5.63. The van der Waals surface area contributed by atoms with Gasteiger partial charge in [-0.2, -0.15) is 0 Å². The Hall–Kier alpha value is -1.06. The Labute approximate surface area is 124 Å². The van der Waals surface area contributed by atoms with Crippen molar-refractivity contribution in [2.45, 2.75) is 32.7 Å². The van der Waals surface area contributed by atoms with Gasteiger partial charge in [-0.15, -0.1) is 11.6 Å². The Kier molecular flexibility index (Phi) is 4.27. The summed E-state index contributed by atoms with van der Waals surface area (Å²) < 4.78 is 8.01. The van der Waals surface area contributed by atoms with E-state index in [9.17, 15) is 0 Å². The van der Waals surface area contributed by atoms with E-state index < -0.39 is 0 Å². The van der Waals surface area contributed by atoms with Crippen molar-refractivity contribution in [2.24, 2.45) is 5.92 Å². The number of alkyl halides is 1. The fourth-order valence-corrected chi connectivity index (χ4v) is 2.67. The number of halogens is 1. The minimum absolute atomic E-state index is 0.602. The van der Waals surface area contributed by atoms with Crippen LogP contribution < -0.4 is 0 Å². The van der Waals surface area contributed by atoms with Crippen LogP contribution in [-0.2, 0) is 17.7 Å². The minimum atomic E-state index is 0.602. The standard InChI is InChI=1S/C16H21ClN2O/c1-12-2-5-15-14(10-12)18-16(6-7-17)19(15)8-9-20-11-13-3-4-13/h2,5,10,13H,3-4,6-9,11H2,1H3. The molecule has 1 aliphatic carbocycles. The van der Waals surface area contributed by atoms with E-state index in [-0.39, 0.29) is 0 Å². The highest BCUT2D eigenvalue weighted by Gasteiger charge is 2.21. The van der Waals surface area contributed by atoms with Crippen LogP contribution in [0.3, 0.4) is 0 Å². The van der Waals surface area contributed by atoms with Crippen LogP contribution in [0.5, 0.6) is 0 Å². The van der Waals surface area contributed by atoms with E-state index in [2.05, 4.69) is 29.7 Å². The van der Waals surface area contributed by atoms with Gasteiger partial charge in [-0.3, -0.25) is 0 Å².